The van der Waals surface area contributed by atoms with Gasteiger partial charge in [-0.05, 0) is 136 Å². The number of amides is 6. The second-order valence-corrected chi connectivity index (χ2v) is 23.8. The van der Waals surface area contributed by atoms with Crippen molar-refractivity contribution < 1.29 is 38.4 Å². The van der Waals surface area contributed by atoms with Crippen molar-refractivity contribution in [3.63, 3.8) is 0 Å². The number of aromatic nitrogens is 1. The number of Topliss-reactive ketones (excluding diaryl/α,β-unsaturated/α-hetero) is 2. The van der Waals surface area contributed by atoms with Crippen LogP contribution in [-0.2, 0) is 41.6 Å². The summed E-state index contributed by atoms with van der Waals surface area (Å²) in [6.07, 6.45) is 5.36. The van der Waals surface area contributed by atoms with Crippen molar-refractivity contribution in [1.82, 2.24) is 46.7 Å². The summed E-state index contributed by atoms with van der Waals surface area (Å²) in [4.78, 5) is 121. The molecule has 2 aliphatic carbocycles. The molecule has 6 amide bonds. The van der Waals surface area contributed by atoms with Crippen LogP contribution in [0, 0.1) is 22.7 Å². The maximum absolute atomic E-state index is 14.7. The first-order valence-electron chi connectivity index (χ1n) is 27.3. The van der Waals surface area contributed by atoms with Gasteiger partial charge < -0.3 is 41.7 Å². The lowest BCUT2D eigenvalue weighted by Gasteiger charge is -2.36. The SMILES string of the molecule is CN[C@@H](C)C(=O)N[C@H](C(=O)N1C[C@@H](CC(=O)c2cccc(C(=O)C[C@H]3C[C@@H](C(=O)N[C@@H]4CCCc5ccccc54)N(C(=O)[C@@H](NC(=O)[C@H](C)NC)C(C)(C)C)C3)n2)C[C@H]1C(=O)N[C@@H]1CCCc2ccccc21)C(C)(C)C. The monoisotopic (exact) mass is 1040 g/mol. The summed E-state index contributed by atoms with van der Waals surface area (Å²) in [7, 11) is 3.32. The van der Waals surface area contributed by atoms with Gasteiger partial charge in [0.25, 0.3) is 0 Å². The number of rotatable bonds is 18. The Morgan fingerprint density at radius 2 is 0.947 bits per heavy atom. The lowest BCUT2D eigenvalue weighted by Crippen LogP contribution is -2.59. The Bertz CT molecular complexity index is 2480. The van der Waals surface area contributed by atoms with Crippen LogP contribution in [0.2, 0.25) is 0 Å². The number of hydrogen-bond acceptors (Lipinski definition) is 11. The van der Waals surface area contributed by atoms with Crippen molar-refractivity contribution in [2.75, 3.05) is 27.2 Å². The van der Waals surface area contributed by atoms with Gasteiger partial charge in [0.05, 0.1) is 24.2 Å². The van der Waals surface area contributed by atoms with E-state index in [1.807, 2.05) is 77.9 Å². The molecule has 17 heteroatoms. The Morgan fingerprint density at radius 1 is 0.566 bits per heavy atom. The standard InChI is InChI=1S/C59H81N9O8/c1-34(60-9)52(71)65-50(58(3,4)5)56(75)67-32-36(28-46(67)54(73)63-42-24-15-20-38-18-11-13-22-40(38)42)30-48(69)44-26-17-27-45(62-44)49(70)31-37-29-47(55(74)64-43-25-16-21-39-19-12-14-23-41(39)43)68(33-37)57(76)51(59(6,7)8)66-53(72)35(2)61-10/h11-14,17-19,22-23,26-27,34-37,42-43,46-47,50-51,60-61H,15-16,20-21,24-25,28-33H2,1-10H3,(H,63,73)(H,64,74)(H,65,71)(H,66,72)/t34-,35-,36+,37+,42+,43+,46-,47-,50+,51+/m0/s1. The number of pyridine rings is 1. The molecule has 7 rings (SSSR count). The number of fused-ring (bicyclic) bond motifs is 2. The number of carbonyl (C=O) groups excluding carboxylic acids is 8. The highest BCUT2D eigenvalue weighted by Crippen LogP contribution is 2.36. The second-order valence-electron chi connectivity index (χ2n) is 23.8. The predicted molar refractivity (Wildman–Crippen MR) is 290 cm³/mol. The molecule has 0 spiro atoms. The molecule has 410 valence electrons. The van der Waals surface area contributed by atoms with Gasteiger partial charge in [-0.2, -0.15) is 0 Å². The minimum absolute atomic E-state index is 0.0594. The molecule has 3 heterocycles. The zero-order valence-electron chi connectivity index (χ0n) is 46.2. The van der Waals surface area contributed by atoms with Crippen LogP contribution >= 0.6 is 0 Å². The molecule has 2 aromatic carbocycles. The lowest BCUT2D eigenvalue weighted by molar-refractivity contribution is -0.144. The summed E-state index contributed by atoms with van der Waals surface area (Å²) in [5, 5.41) is 18.2. The van der Waals surface area contributed by atoms with Gasteiger partial charge in [-0.25, -0.2) is 4.98 Å². The molecule has 2 fully saturated rings. The normalized spacial score (nSPS) is 23.0. The van der Waals surface area contributed by atoms with Crippen molar-refractivity contribution in [2.45, 2.75) is 168 Å². The third kappa shape index (κ3) is 13.4. The van der Waals surface area contributed by atoms with E-state index in [4.69, 9.17) is 0 Å². The quantitative estimate of drug-likeness (QED) is 0.0894. The molecular weight excluding hydrogens is 963 g/mol. The van der Waals surface area contributed by atoms with E-state index in [9.17, 15) is 38.4 Å². The van der Waals surface area contributed by atoms with Crippen LogP contribution in [0.15, 0.2) is 66.7 Å². The topological polar surface area (TPSA) is 228 Å². The van der Waals surface area contributed by atoms with E-state index in [1.165, 1.54) is 20.9 Å². The van der Waals surface area contributed by atoms with Crippen molar-refractivity contribution in [3.05, 3.63) is 100 Å². The molecule has 0 bridgehead atoms. The fourth-order valence-electron chi connectivity index (χ4n) is 11.4. The third-order valence-electron chi connectivity index (χ3n) is 16.0. The van der Waals surface area contributed by atoms with Gasteiger partial charge in [-0.3, -0.25) is 38.4 Å². The van der Waals surface area contributed by atoms with Crippen molar-refractivity contribution in [1.29, 1.82) is 0 Å². The van der Waals surface area contributed by atoms with Crippen molar-refractivity contribution in [3.8, 4) is 0 Å². The molecule has 2 saturated heterocycles. The minimum atomic E-state index is -0.975. The molecule has 4 aliphatic rings. The number of likely N-dealkylation sites (tertiary alicyclic amines) is 2. The fourth-order valence-corrected chi connectivity index (χ4v) is 11.4. The van der Waals surface area contributed by atoms with Crippen LogP contribution in [0.1, 0.15) is 162 Å². The van der Waals surface area contributed by atoms with Crippen molar-refractivity contribution in [2.24, 2.45) is 22.7 Å². The van der Waals surface area contributed by atoms with Gasteiger partial charge in [-0.1, -0.05) is 96.1 Å². The minimum Gasteiger partial charge on any atom is -0.347 e. The molecule has 2 aliphatic heterocycles. The molecule has 17 nitrogen and oxygen atoms in total. The molecule has 0 unspecified atom stereocenters. The Kier molecular flexibility index (Phi) is 18.4. The third-order valence-corrected chi connectivity index (χ3v) is 16.0. The van der Waals surface area contributed by atoms with Gasteiger partial charge in [0.2, 0.25) is 35.4 Å². The number of nitrogens with one attached hydrogen (secondary N) is 6. The lowest BCUT2D eigenvalue weighted by atomic mass is 9.85. The highest BCUT2D eigenvalue weighted by Gasteiger charge is 2.48. The Labute approximate surface area is 448 Å². The Hall–Kier alpha value is -6.33. The molecule has 1 aromatic heterocycles. The number of nitrogens with zero attached hydrogens (tertiary/aromatic N) is 3. The van der Waals surface area contributed by atoms with Gasteiger partial charge >= 0.3 is 0 Å². The predicted octanol–water partition coefficient (Wildman–Crippen LogP) is 5.33. The number of likely N-dealkylation sites (N-methyl/N-ethyl adjacent to an activating group) is 2. The number of hydrogen-bond donors (Lipinski definition) is 6. The van der Waals surface area contributed by atoms with Crippen LogP contribution in [0.4, 0.5) is 0 Å². The van der Waals surface area contributed by atoms with Crippen LogP contribution in [0.25, 0.3) is 0 Å². The fraction of sp³-hybridized carbons (Fsp3) is 0.576. The van der Waals surface area contributed by atoms with E-state index in [-0.39, 0.29) is 97.4 Å². The van der Waals surface area contributed by atoms with E-state index in [1.54, 1.807) is 46.1 Å². The number of benzene rings is 2. The number of ketones is 2. The number of aryl methyl sites for hydroxylation is 2. The maximum Gasteiger partial charge on any atom is 0.246 e. The van der Waals surface area contributed by atoms with Crippen LogP contribution < -0.4 is 31.9 Å². The zero-order valence-corrected chi connectivity index (χ0v) is 46.2. The first-order valence-corrected chi connectivity index (χ1v) is 27.3. The Balaban J connectivity index is 1.09. The van der Waals surface area contributed by atoms with E-state index >= 15 is 0 Å². The van der Waals surface area contributed by atoms with E-state index < -0.39 is 70.7 Å². The molecular formula is C59H81N9O8. The molecule has 0 saturated carbocycles. The van der Waals surface area contributed by atoms with E-state index in [0.29, 0.717) is 0 Å². The van der Waals surface area contributed by atoms with Crippen LogP contribution in [0.3, 0.4) is 0 Å². The molecule has 0 radical (unpaired) electrons. The zero-order chi connectivity index (χ0) is 55.2. The Morgan fingerprint density at radius 3 is 1.32 bits per heavy atom. The first-order chi connectivity index (χ1) is 36.0. The summed E-state index contributed by atoms with van der Waals surface area (Å²) in [5.41, 5.74) is 3.10. The molecule has 76 heavy (non-hydrogen) atoms. The largest absolute Gasteiger partial charge is 0.347 e. The first kappa shape index (κ1) is 57.4. The van der Waals surface area contributed by atoms with Gasteiger partial charge in [-0.15, -0.1) is 0 Å². The molecule has 10 atom stereocenters. The van der Waals surface area contributed by atoms with Crippen LogP contribution in [-0.4, -0.2) is 125 Å². The van der Waals surface area contributed by atoms with E-state index in [2.05, 4.69) is 49.0 Å². The van der Waals surface area contributed by atoms with Crippen molar-refractivity contribution >= 4 is 47.0 Å². The summed E-state index contributed by atoms with van der Waals surface area (Å²) in [6, 6.07) is 15.3. The summed E-state index contributed by atoms with van der Waals surface area (Å²) in [6.45, 7) is 14.7. The second kappa shape index (κ2) is 24.3. The smallest absolute Gasteiger partial charge is 0.246 e. The highest BCUT2D eigenvalue weighted by atomic mass is 16.2. The maximum atomic E-state index is 14.7. The average molecular weight is 1040 g/mol. The van der Waals surface area contributed by atoms with Gasteiger partial charge in [0, 0.05) is 25.9 Å². The van der Waals surface area contributed by atoms with E-state index in [0.717, 1.165) is 49.7 Å². The van der Waals surface area contributed by atoms with Gasteiger partial charge in [0.1, 0.15) is 35.6 Å². The molecule has 3 aromatic rings. The van der Waals surface area contributed by atoms with Crippen LogP contribution in [0.5, 0.6) is 0 Å². The summed E-state index contributed by atoms with van der Waals surface area (Å²) < 4.78 is 0. The van der Waals surface area contributed by atoms with Gasteiger partial charge in [0.15, 0.2) is 11.6 Å². The number of carbonyl (C=O) groups is 8. The summed E-state index contributed by atoms with van der Waals surface area (Å²) in [5.74, 6) is -3.82. The summed E-state index contributed by atoms with van der Waals surface area (Å²) >= 11 is 0. The molecule has 6 N–H and O–H groups in total. The average Bonchev–Trinajstić information content (AvgIpc) is 4.03. The highest BCUT2D eigenvalue weighted by molar-refractivity contribution is 5.99.